The first kappa shape index (κ1) is 22.1. The average Bonchev–Trinajstić information content (AvgIpc) is 2.83. The molecule has 2 atom stereocenters. The van der Waals surface area contributed by atoms with Crippen molar-refractivity contribution < 1.29 is 19.4 Å². The number of carbonyl (C=O) groups is 1. The van der Waals surface area contributed by atoms with E-state index >= 15 is 0 Å². The van der Waals surface area contributed by atoms with Crippen molar-refractivity contribution in [1.82, 2.24) is 4.90 Å². The first-order valence-corrected chi connectivity index (χ1v) is 11.6. The molecule has 0 saturated carbocycles. The number of amides is 1. The van der Waals surface area contributed by atoms with E-state index in [0.29, 0.717) is 18.8 Å². The zero-order valence-corrected chi connectivity index (χ0v) is 19.1. The number of hydrogen-bond acceptors (Lipinski definition) is 4. The Bertz CT molecular complexity index is 904. The molecule has 5 nitrogen and oxygen atoms in total. The fourth-order valence-electron chi connectivity index (χ4n) is 4.04. The maximum atomic E-state index is 13.1. The molecule has 0 spiro atoms. The molecule has 1 saturated heterocycles. The van der Waals surface area contributed by atoms with E-state index in [1.165, 1.54) is 6.42 Å². The van der Waals surface area contributed by atoms with Gasteiger partial charge in [0.05, 0.1) is 13.2 Å². The summed E-state index contributed by atoms with van der Waals surface area (Å²) in [4.78, 5) is 15.0. The molecule has 2 aliphatic rings. The van der Waals surface area contributed by atoms with Gasteiger partial charge in [-0.3, -0.25) is 4.79 Å². The Hall–Kier alpha value is -2.15. The molecule has 1 amide bonds. The second kappa shape index (κ2) is 10.4. The maximum Gasteiger partial charge on any atom is 0.288 e. The van der Waals surface area contributed by atoms with E-state index in [2.05, 4.69) is 28.1 Å². The van der Waals surface area contributed by atoms with Gasteiger partial charge >= 0.3 is 0 Å². The number of hydrogen-bond donors (Lipinski definition) is 1. The third-order valence-corrected chi connectivity index (χ3v) is 6.38. The lowest BCUT2D eigenvalue weighted by Gasteiger charge is -2.33. The van der Waals surface area contributed by atoms with Crippen molar-refractivity contribution in [3.63, 3.8) is 0 Å². The van der Waals surface area contributed by atoms with Gasteiger partial charge in [0.15, 0.2) is 5.76 Å². The van der Waals surface area contributed by atoms with E-state index in [1.54, 1.807) is 0 Å². The molecule has 2 aromatic carbocycles. The number of aliphatic hydroxyl groups excluding tert-OH is 1. The van der Waals surface area contributed by atoms with Gasteiger partial charge in [-0.25, -0.2) is 0 Å². The SMILES string of the molecule is O=C(C1=C[C@H](c2ccc(Br)cc2)C[C@H](OCc2ccc(CO)cc2)O1)N1CCCCC1. The zero-order chi connectivity index (χ0) is 21.6. The van der Waals surface area contributed by atoms with Gasteiger partial charge in [-0.1, -0.05) is 52.3 Å². The summed E-state index contributed by atoms with van der Waals surface area (Å²) < 4.78 is 13.1. The molecular weight excluding hydrogens is 458 g/mol. The van der Waals surface area contributed by atoms with Gasteiger partial charge in [-0.2, -0.15) is 0 Å². The molecule has 0 aromatic heterocycles. The molecule has 1 N–H and O–H groups in total. The number of rotatable bonds is 6. The fraction of sp³-hybridized carbons (Fsp3) is 0.400. The number of nitrogens with zero attached hydrogens (tertiary/aromatic N) is 1. The second-order valence-corrected chi connectivity index (χ2v) is 9.03. The van der Waals surface area contributed by atoms with Crippen molar-refractivity contribution in [3.8, 4) is 0 Å². The van der Waals surface area contributed by atoms with Crippen LogP contribution in [0.5, 0.6) is 0 Å². The lowest BCUT2D eigenvalue weighted by Crippen LogP contribution is -2.39. The summed E-state index contributed by atoms with van der Waals surface area (Å²) in [6, 6.07) is 15.8. The highest BCUT2D eigenvalue weighted by molar-refractivity contribution is 9.10. The molecule has 2 aromatic rings. The molecule has 1 fully saturated rings. The second-order valence-electron chi connectivity index (χ2n) is 8.11. The van der Waals surface area contributed by atoms with Crippen LogP contribution in [0.4, 0.5) is 0 Å². The van der Waals surface area contributed by atoms with Crippen LogP contribution in [0.1, 0.15) is 48.3 Å². The van der Waals surface area contributed by atoms with Crippen LogP contribution in [-0.2, 0) is 27.5 Å². The van der Waals surface area contributed by atoms with E-state index in [-0.39, 0.29) is 18.4 Å². The number of likely N-dealkylation sites (tertiary alicyclic amines) is 1. The highest BCUT2D eigenvalue weighted by Crippen LogP contribution is 2.33. The highest BCUT2D eigenvalue weighted by Gasteiger charge is 2.31. The Kier molecular flexibility index (Phi) is 7.43. The summed E-state index contributed by atoms with van der Waals surface area (Å²) in [5.74, 6) is 0.400. The predicted molar refractivity (Wildman–Crippen MR) is 122 cm³/mol. The quantitative estimate of drug-likeness (QED) is 0.632. The Morgan fingerprint density at radius 1 is 1.03 bits per heavy atom. The third-order valence-electron chi connectivity index (χ3n) is 5.85. The first-order valence-electron chi connectivity index (χ1n) is 10.9. The molecule has 6 heteroatoms. The Morgan fingerprint density at radius 2 is 1.71 bits per heavy atom. The molecule has 2 heterocycles. The molecule has 4 rings (SSSR count). The molecule has 0 unspecified atom stereocenters. The normalized spacial score (nSPS) is 21.4. The Morgan fingerprint density at radius 3 is 2.39 bits per heavy atom. The average molecular weight is 486 g/mol. The molecule has 164 valence electrons. The minimum atomic E-state index is -0.500. The lowest BCUT2D eigenvalue weighted by molar-refractivity contribution is -0.156. The van der Waals surface area contributed by atoms with Crippen molar-refractivity contribution in [2.24, 2.45) is 0 Å². The highest BCUT2D eigenvalue weighted by atomic mass is 79.9. The van der Waals surface area contributed by atoms with Crippen molar-refractivity contribution in [2.75, 3.05) is 13.1 Å². The van der Waals surface area contributed by atoms with Crippen LogP contribution in [0.25, 0.3) is 0 Å². The lowest BCUT2D eigenvalue weighted by atomic mass is 9.93. The summed E-state index contributed by atoms with van der Waals surface area (Å²) in [6.07, 6.45) is 5.35. The third kappa shape index (κ3) is 5.76. The molecule has 0 aliphatic carbocycles. The zero-order valence-electron chi connectivity index (χ0n) is 17.5. The summed E-state index contributed by atoms with van der Waals surface area (Å²) in [7, 11) is 0. The van der Waals surface area contributed by atoms with E-state index in [4.69, 9.17) is 9.47 Å². The van der Waals surface area contributed by atoms with Crippen LogP contribution in [0.3, 0.4) is 0 Å². The number of ether oxygens (including phenoxy) is 2. The number of piperidine rings is 1. The molecular formula is C25H28BrNO4. The van der Waals surface area contributed by atoms with E-state index in [1.807, 2.05) is 47.4 Å². The predicted octanol–water partition coefficient (Wildman–Crippen LogP) is 4.88. The molecule has 2 aliphatic heterocycles. The number of benzene rings is 2. The van der Waals surface area contributed by atoms with Crippen LogP contribution in [0.15, 0.2) is 64.8 Å². The Balaban J connectivity index is 1.49. The number of aliphatic hydroxyl groups is 1. The van der Waals surface area contributed by atoms with Gasteiger partial charge in [-0.15, -0.1) is 0 Å². The van der Waals surface area contributed by atoms with Crippen LogP contribution >= 0.6 is 15.9 Å². The van der Waals surface area contributed by atoms with Gasteiger partial charge in [0.2, 0.25) is 6.29 Å². The van der Waals surface area contributed by atoms with Gasteiger partial charge in [-0.05, 0) is 54.2 Å². The van der Waals surface area contributed by atoms with Gasteiger partial charge in [0.25, 0.3) is 5.91 Å². The number of carbonyl (C=O) groups excluding carboxylic acids is 1. The Labute approximate surface area is 191 Å². The van der Waals surface area contributed by atoms with Crippen LogP contribution in [0.2, 0.25) is 0 Å². The smallest absolute Gasteiger partial charge is 0.288 e. The van der Waals surface area contributed by atoms with E-state index in [9.17, 15) is 9.90 Å². The minimum absolute atomic E-state index is 0.0223. The monoisotopic (exact) mass is 485 g/mol. The van der Waals surface area contributed by atoms with Crippen molar-refractivity contribution >= 4 is 21.8 Å². The largest absolute Gasteiger partial charge is 0.459 e. The first-order chi connectivity index (χ1) is 15.1. The molecule has 0 radical (unpaired) electrons. The maximum absolute atomic E-state index is 13.1. The van der Waals surface area contributed by atoms with E-state index < -0.39 is 6.29 Å². The van der Waals surface area contributed by atoms with Crippen LogP contribution < -0.4 is 0 Å². The van der Waals surface area contributed by atoms with Crippen molar-refractivity contribution in [2.45, 2.75) is 51.1 Å². The van der Waals surface area contributed by atoms with Gasteiger partial charge < -0.3 is 19.5 Å². The number of allylic oxidation sites excluding steroid dienone is 1. The summed E-state index contributed by atoms with van der Waals surface area (Å²) in [5, 5.41) is 9.21. The van der Waals surface area contributed by atoms with Gasteiger partial charge in [0.1, 0.15) is 0 Å². The van der Waals surface area contributed by atoms with E-state index in [0.717, 1.165) is 47.1 Å². The standard InChI is InChI=1S/C25H28BrNO4/c26-22-10-8-20(9-11-22)21-14-23(25(29)27-12-2-1-3-13-27)31-24(15-21)30-17-19-6-4-18(16-28)5-7-19/h4-11,14,21,24,28H,1-3,12-13,15-17H2/t21-,24+/m0/s1. The summed E-state index contributed by atoms with van der Waals surface area (Å²) in [6.45, 7) is 1.97. The minimum Gasteiger partial charge on any atom is -0.459 e. The van der Waals surface area contributed by atoms with Crippen LogP contribution in [-0.4, -0.2) is 35.3 Å². The fourth-order valence-corrected chi connectivity index (χ4v) is 4.30. The molecule has 0 bridgehead atoms. The van der Waals surface area contributed by atoms with Crippen molar-refractivity contribution in [1.29, 1.82) is 0 Å². The van der Waals surface area contributed by atoms with Crippen LogP contribution in [0, 0.1) is 0 Å². The number of halogens is 1. The molecule has 31 heavy (non-hydrogen) atoms. The topological polar surface area (TPSA) is 59.0 Å². The summed E-state index contributed by atoms with van der Waals surface area (Å²) in [5.41, 5.74) is 3.00. The summed E-state index contributed by atoms with van der Waals surface area (Å²) >= 11 is 3.49. The van der Waals surface area contributed by atoms with Crippen molar-refractivity contribution in [3.05, 3.63) is 81.5 Å². The van der Waals surface area contributed by atoms with Gasteiger partial charge in [0, 0.05) is 29.9 Å².